The van der Waals surface area contributed by atoms with Gasteiger partial charge in [-0.3, -0.25) is 0 Å². The van der Waals surface area contributed by atoms with Crippen molar-refractivity contribution in [2.75, 3.05) is 0 Å². The normalized spacial score (nSPS) is 51.9. The second kappa shape index (κ2) is 3.48. The predicted molar refractivity (Wildman–Crippen MR) is 68.1 cm³/mol. The molecule has 0 radical (unpaired) electrons. The molecule has 0 amide bonds. The summed E-state index contributed by atoms with van der Waals surface area (Å²) in [5.74, 6) is 2.04. The summed E-state index contributed by atoms with van der Waals surface area (Å²) < 4.78 is 0. The van der Waals surface area contributed by atoms with Crippen LogP contribution in [0.15, 0.2) is 0 Å². The van der Waals surface area contributed by atoms with Crippen LogP contribution in [-0.2, 0) is 0 Å². The fourth-order valence-corrected chi connectivity index (χ4v) is 5.85. The lowest BCUT2D eigenvalue weighted by atomic mass is 9.43. The van der Waals surface area contributed by atoms with Gasteiger partial charge in [-0.1, -0.05) is 20.3 Å². The fraction of sp³-hybridized carbons (Fsp3) is 1.00. The van der Waals surface area contributed by atoms with Crippen molar-refractivity contribution in [3.63, 3.8) is 0 Å². The lowest BCUT2D eigenvalue weighted by molar-refractivity contribution is -0.113. The number of hydrogen-bond donors (Lipinski definition) is 1. The Morgan fingerprint density at radius 3 is 2.31 bits per heavy atom. The van der Waals surface area contributed by atoms with Gasteiger partial charge in [-0.25, -0.2) is 0 Å². The maximum atomic E-state index is 6.54. The summed E-state index contributed by atoms with van der Waals surface area (Å²) >= 11 is 0. The van der Waals surface area contributed by atoms with Crippen molar-refractivity contribution >= 4 is 0 Å². The molecule has 4 fully saturated rings. The molecule has 4 bridgehead atoms. The third kappa shape index (κ3) is 1.54. The second-order valence-electron chi connectivity index (χ2n) is 7.53. The first-order valence-electron chi connectivity index (χ1n) is 7.31. The molecular weight excluding hydrogens is 194 g/mol. The number of rotatable bonds is 3. The quantitative estimate of drug-likeness (QED) is 0.772. The fourth-order valence-electron chi connectivity index (χ4n) is 5.85. The SMILES string of the molecule is CCCC(N)C12CC3CC(CC(C)(C3)C1)C2. The first-order chi connectivity index (χ1) is 7.55. The van der Waals surface area contributed by atoms with Crippen LogP contribution in [0.4, 0.5) is 0 Å². The van der Waals surface area contributed by atoms with Gasteiger partial charge in [-0.05, 0) is 67.6 Å². The predicted octanol–water partition coefficient (Wildman–Crippen LogP) is 3.72. The molecule has 2 N–H and O–H groups in total. The Kier molecular flexibility index (Phi) is 2.41. The summed E-state index contributed by atoms with van der Waals surface area (Å²) in [6.45, 7) is 4.82. The molecule has 16 heavy (non-hydrogen) atoms. The van der Waals surface area contributed by atoms with E-state index in [-0.39, 0.29) is 0 Å². The highest BCUT2D eigenvalue weighted by molar-refractivity contribution is 5.09. The van der Waals surface area contributed by atoms with E-state index < -0.39 is 0 Å². The Morgan fingerprint density at radius 2 is 1.81 bits per heavy atom. The van der Waals surface area contributed by atoms with Crippen LogP contribution in [0.3, 0.4) is 0 Å². The van der Waals surface area contributed by atoms with E-state index in [0.717, 1.165) is 11.8 Å². The van der Waals surface area contributed by atoms with Crippen LogP contribution >= 0.6 is 0 Å². The molecule has 3 atom stereocenters. The van der Waals surface area contributed by atoms with Crippen LogP contribution in [0.5, 0.6) is 0 Å². The number of hydrogen-bond acceptors (Lipinski definition) is 1. The molecule has 0 saturated heterocycles. The van der Waals surface area contributed by atoms with Crippen molar-refractivity contribution < 1.29 is 0 Å². The maximum Gasteiger partial charge on any atom is 0.00958 e. The molecule has 1 heteroatoms. The van der Waals surface area contributed by atoms with Crippen molar-refractivity contribution in [3.8, 4) is 0 Å². The van der Waals surface area contributed by atoms with Crippen molar-refractivity contribution in [1.82, 2.24) is 0 Å². The van der Waals surface area contributed by atoms with Crippen LogP contribution < -0.4 is 5.73 Å². The van der Waals surface area contributed by atoms with Gasteiger partial charge in [-0.15, -0.1) is 0 Å². The van der Waals surface area contributed by atoms with Gasteiger partial charge in [0.05, 0.1) is 0 Å². The van der Waals surface area contributed by atoms with Crippen LogP contribution in [0.1, 0.15) is 65.2 Å². The highest BCUT2D eigenvalue weighted by atomic mass is 14.7. The highest BCUT2D eigenvalue weighted by Gasteiger charge is 2.57. The topological polar surface area (TPSA) is 26.0 Å². The molecule has 0 aromatic rings. The van der Waals surface area contributed by atoms with Gasteiger partial charge in [0.1, 0.15) is 0 Å². The highest BCUT2D eigenvalue weighted by Crippen LogP contribution is 2.66. The first kappa shape index (κ1) is 11.1. The Morgan fingerprint density at radius 1 is 1.19 bits per heavy atom. The molecule has 0 spiro atoms. The summed E-state index contributed by atoms with van der Waals surface area (Å²) in [4.78, 5) is 0. The molecule has 92 valence electrons. The molecular formula is C15H27N. The molecule has 4 aliphatic carbocycles. The zero-order valence-corrected chi connectivity index (χ0v) is 11.0. The Hall–Kier alpha value is -0.0400. The minimum Gasteiger partial charge on any atom is -0.327 e. The van der Waals surface area contributed by atoms with Crippen molar-refractivity contribution in [1.29, 1.82) is 0 Å². The van der Waals surface area contributed by atoms with Gasteiger partial charge in [0.2, 0.25) is 0 Å². The van der Waals surface area contributed by atoms with Gasteiger partial charge >= 0.3 is 0 Å². The average Bonchev–Trinajstić information content (AvgIpc) is 2.13. The van der Waals surface area contributed by atoms with E-state index in [0.29, 0.717) is 16.9 Å². The van der Waals surface area contributed by atoms with E-state index in [2.05, 4.69) is 13.8 Å². The molecule has 0 aromatic carbocycles. The van der Waals surface area contributed by atoms with Crippen LogP contribution in [0.2, 0.25) is 0 Å². The largest absolute Gasteiger partial charge is 0.327 e. The Labute approximate surface area is 100 Å². The molecule has 4 rings (SSSR count). The van der Waals surface area contributed by atoms with Crippen LogP contribution in [-0.4, -0.2) is 6.04 Å². The van der Waals surface area contributed by atoms with Crippen molar-refractivity contribution in [3.05, 3.63) is 0 Å². The van der Waals surface area contributed by atoms with Gasteiger partial charge in [0.25, 0.3) is 0 Å². The van der Waals surface area contributed by atoms with Crippen molar-refractivity contribution in [2.45, 2.75) is 71.3 Å². The monoisotopic (exact) mass is 221 g/mol. The lowest BCUT2D eigenvalue weighted by Crippen LogP contribution is -2.57. The summed E-state index contributed by atoms with van der Waals surface area (Å²) in [5.41, 5.74) is 7.75. The summed E-state index contributed by atoms with van der Waals surface area (Å²) in [6, 6.07) is 0.489. The van der Waals surface area contributed by atoms with E-state index >= 15 is 0 Å². The summed E-state index contributed by atoms with van der Waals surface area (Å²) in [7, 11) is 0. The van der Waals surface area contributed by atoms with E-state index in [1.54, 1.807) is 0 Å². The average molecular weight is 221 g/mol. The zero-order chi connectivity index (χ0) is 11.4. The second-order valence-corrected chi connectivity index (χ2v) is 7.53. The molecule has 4 aliphatic rings. The molecule has 4 saturated carbocycles. The third-order valence-corrected chi connectivity index (χ3v) is 5.79. The molecule has 0 heterocycles. The minimum atomic E-state index is 0.489. The molecule has 0 aromatic heterocycles. The Bertz CT molecular complexity index is 269. The van der Waals surface area contributed by atoms with E-state index in [4.69, 9.17) is 5.73 Å². The van der Waals surface area contributed by atoms with E-state index in [1.165, 1.54) is 51.4 Å². The third-order valence-electron chi connectivity index (χ3n) is 5.79. The zero-order valence-electron chi connectivity index (χ0n) is 11.0. The smallest absolute Gasteiger partial charge is 0.00958 e. The van der Waals surface area contributed by atoms with E-state index in [9.17, 15) is 0 Å². The minimum absolute atomic E-state index is 0.489. The maximum absolute atomic E-state index is 6.54. The first-order valence-corrected chi connectivity index (χ1v) is 7.31. The van der Waals surface area contributed by atoms with Gasteiger partial charge in [-0.2, -0.15) is 0 Å². The lowest BCUT2D eigenvalue weighted by Gasteiger charge is -2.63. The van der Waals surface area contributed by atoms with E-state index in [1.807, 2.05) is 0 Å². The van der Waals surface area contributed by atoms with Gasteiger partial charge in [0, 0.05) is 6.04 Å². The summed E-state index contributed by atoms with van der Waals surface area (Å²) in [6.07, 6.45) is 11.4. The Balaban J connectivity index is 1.86. The van der Waals surface area contributed by atoms with Gasteiger partial charge in [0.15, 0.2) is 0 Å². The van der Waals surface area contributed by atoms with Crippen molar-refractivity contribution in [2.24, 2.45) is 28.4 Å². The summed E-state index contributed by atoms with van der Waals surface area (Å²) in [5, 5.41) is 0. The van der Waals surface area contributed by atoms with Gasteiger partial charge < -0.3 is 5.73 Å². The standard InChI is InChI=1S/C15H27N/c1-3-4-13(16)15-8-11-5-12(9-15)7-14(2,6-11)10-15/h11-13H,3-10,16H2,1-2H3. The van der Waals surface area contributed by atoms with Crippen LogP contribution in [0, 0.1) is 22.7 Å². The molecule has 3 unspecified atom stereocenters. The van der Waals surface area contributed by atoms with Crippen LogP contribution in [0.25, 0.3) is 0 Å². The molecule has 0 aliphatic heterocycles. The number of nitrogens with two attached hydrogens (primary N) is 1. The molecule has 1 nitrogen and oxygen atoms in total.